The Labute approximate surface area is 126 Å². The molecular weight excluding hydrogens is 316 g/mol. The first-order valence-corrected chi connectivity index (χ1v) is 7.41. The number of ketones is 1. The predicted octanol–water partition coefficient (Wildman–Crippen LogP) is 3.91. The van der Waals surface area contributed by atoms with Gasteiger partial charge in [0.15, 0.2) is 0 Å². The fourth-order valence-electron chi connectivity index (χ4n) is 2.67. The van der Waals surface area contributed by atoms with E-state index in [4.69, 9.17) is 4.74 Å². The van der Waals surface area contributed by atoms with Gasteiger partial charge in [0.25, 0.3) is 0 Å². The number of Topliss-reactive ketones (excluding diaryl/α,β-unsaturated/α-hetero) is 1. The Kier molecular flexibility index (Phi) is 3.62. The van der Waals surface area contributed by atoms with Gasteiger partial charge in [0.2, 0.25) is 0 Å². The summed E-state index contributed by atoms with van der Waals surface area (Å²) in [7, 11) is 1.64. The van der Waals surface area contributed by atoms with Crippen LogP contribution in [0.15, 0.2) is 46.9 Å². The predicted molar refractivity (Wildman–Crippen MR) is 82.3 cm³/mol. The van der Waals surface area contributed by atoms with E-state index in [1.165, 1.54) is 11.1 Å². The van der Waals surface area contributed by atoms with Crippen LogP contribution in [0.2, 0.25) is 0 Å². The van der Waals surface area contributed by atoms with Crippen LogP contribution in [0.5, 0.6) is 5.75 Å². The second-order valence-corrected chi connectivity index (χ2v) is 5.91. The maximum absolute atomic E-state index is 12.4. The van der Waals surface area contributed by atoms with E-state index in [0.29, 0.717) is 6.42 Å². The van der Waals surface area contributed by atoms with Crippen LogP contribution in [0, 0.1) is 0 Å². The number of rotatable bonds is 4. The molecule has 0 N–H and O–H groups in total. The third kappa shape index (κ3) is 2.38. The standard InChI is InChI=1S/C17H15BrO2/c1-20-13-6-7-16(18)12(8-13)10-17(19)15-9-11-4-2-3-5-14(11)15/h2-8,15H,9-10H2,1H3. The van der Waals surface area contributed by atoms with Gasteiger partial charge in [-0.1, -0.05) is 40.2 Å². The summed E-state index contributed by atoms with van der Waals surface area (Å²) in [5, 5.41) is 0. The molecule has 0 saturated carbocycles. The highest BCUT2D eigenvalue weighted by atomic mass is 79.9. The summed E-state index contributed by atoms with van der Waals surface area (Å²) in [6.45, 7) is 0. The molecule has 1 atom stereocenters. The zero-order valence-electron chi connectivity index (χ0n) is 11.2. The molecule has 0 aliphatic heterocycles. The first-order chi connectivity index (χ1) is 9.69. The van der Waals surface area contributed by atoms with E-state index < -0.39 is 0 Å². The van der Waals surface area contributed by atoms with Gasteiger partial charge < -0.3 is 4.74 Å². The number of ether oxygens (including phenoxy) is 1. The molecule has 102 valence electrons. The Morgan fingerprint density at radius 3 is 2.85 bits per heavy atom. The van der Waals surface area contributed by atoms with Gasteiger partial charge in [-0.15, -0.1) is 0 Å². The van der Waals surface area contributed by atoms with E-state index >= 15 is 0 Å². The van der Waals surface area contributed by atoms with E-state index in [0.717, 1.165) is 22.2 Å². The normalized spacial score (nSPS) is 16.2. The molecule has 1 aliphatic rings. The molecule has 1 unspecified atom stereocenters. The van der Waals surface area contributed by atoms with Crippen molar-refractivity contribution < 1.29 is 9.53 Å². The quantitative estimate of drug-likeness (QED) is 0.849. The van der Waals surface area contributed by atoms with Gasteiger partial charge in [-0.05, 0) is 41.3 Å². The summed E-state index contributed by atoms with van der Waals surface area (Å²) < 4.78 is 6.17. The SMILES string of the molecule is COc1ccc(Br)c(CC(=O)C2Cc3ccccc32)c1. The fraction of sp³-hybridized carbons (Fsp3) is 0.235. The van der Waals surface area contributed by atoms with Gasteiger partial charge in [-0.2, -0.15) is 0 Å². The lowest BCUT2D eigenvalue weighted by molar-refractivity contribution is -0.120. The van der Waals surface area contributed by atoms with Crippen LogP contribution in [0.25, 0.3) is 0 Å². The summed E-state index contributed by atoms with van der Waals surface area (Å²) in [6.07, 6.45) is 1.31. The summed E-state index contributed by atoms with van der Waals surface area (Å²) in [5.41, 5.74) is 3.48. The smallest absolute Gasteiger partial charge is 0.145 e. The maximum atomic E-state index is 12.4. The fourth-order valence-corrected chi connectivity index (χ4v) is 3.06. The monoisotopic (exact) mass is 330 g/mol. The van der Waals surface area contributed by atoms with E-state index in [-0.39, 0.29) is 11.7 Å². The third-order valence-electron chi connectivity index (χ3n) is 3.86. The van der Waals surface area contributed by atoms with Crippen LogP contribution >= 0.6 is 15.9 Å². The molecule has 2 nitrogen and oxygen atoms in total. The molecule has 0 amide bonds. The number of carbonyl (C=O) groups is 1. The van der Waals surface area contributed by atoms with Crippen molar-refractivity contribution in [2.45, 2.75) is 18.8 Å². The average molecular weight is 331 g/mol. The van der Waals surface area contributed by atoms with Crippen molar-refractivity contribution in [3.8, 4) is 5.75 Å². The molecule has 0 heterocycles. The van der Waals surface area contributed by atoms with E-state index in [2.05, 4.69) is 28.1 Å². The molecule has 0 bridgehead atoms. The molecule has 0 fully saturated rings. The Morgan fingerprint density at radius 1 is 1.30 bits per heavy atom. The average Bonchev–Trinajstić information content (AvgIpc) is 2.42. The van der Waals surface area contributed by atoms with Crippen LogP contribution in [0.3, 0.4) is 0 Å². The molecule has 0 aromatic heterocycles. The van der Waals surface area contributed by atoms with Gasteiger partial charge in [0.05, 0.1) is 7.11 Å². The van der Waals surface area contributed by atoms with Crippen molar-refractivity contribution in [2.75, 3.05) is 7.11 Å². The molecule has 0 radical (unpaired) electrons. The Balaban J connectivity index is 1.78. The van der Waals surface area contributed by atoms with Gasteiger partial charge in [0.1, 0.15) is 11.5 Å². The van der Waals surface area contributed by atoms with Crippen LogP contribution in [-0.2, 0) is 17.6 Å². The highest BCUT2D eigenvalue weighted by Crippen LogP contribution is 2.36. The van der Waals surface area contributed by atoms with E-state index in [1.54, 1.807) is 7.11 Å². The minimum atomic E-state index is 0.0595. The van der Waals surface area contributed by atoms with Crippen molar-refractivity contribution in [3.05, 3.63) is 63.6 Å². The summed E-state index contributed by atoms with van der Waals surface area (Å²) in [4.78, 5) is 12.4. The number of hydrogen-bond donors (Lipinski definition) is 0. The highest BCUT2D eigenvalue weighted by molar-refractivity contribution is 9.10. The minimum Gasteiger partial charge on any atom is -0.497 e. The minimum absolute atomic E-state index is 0.0595. The molecular formula is C17H15BrO2. The zero-order chi connectivity index (χ0) is 14.1. The summed E-state index contributed by atoms with van der Waals surface area (Å²) >= 11 is 3.50. The molecule has 20 heavy (non-hydrogen) atoms. The number of fused-ring (bicyclic) bond motifs is 1. The molecule has 0 saturated heterocycles. The van der Waals surface area contributed by atoms with Crippen LogP contribution < -0.4 is 4.74 Å². The van der Waals surface area contributed by atoms with Crippen LogP contribution in [0.4, 0.5) is 0 Å². The number of halogens is 1. The molecule has 2 aromatic rings. The lowest BCUT2D eigenvalue weighted by Gasteiger charge is -2.29. The van der Waals surface area contributed by atoms with Crippen molar-refractivity contribution in [1.29, 1.82) is 0 Å². The lowest BCUT2D eigenvalue weighted by Crippen LogP contribution is -2.26. The first kappa shape index (κ1) is 13.4. The Bertz CT molecular complexity index is 664. The van der Waals surface area contributed by atoms with Crippen molar-refractivity contribution in [1.82, 2.24) is 0 Å². The topological polar surface area (TPSA) is 26.3 Å². The molecule has 1 aliphatic carbocycles. The summed E-state index contributed by atoms with van der Waals surface area (Å²) in [5.74, 6) is 1.12. The van der Waals surface area contributed by atoms with Gasteiger partial charge in [-0.3, -0.25) is 4.79 Å². The van der Waals surface area contributed by atoms with Gasteiger partial charge >= 0.3 is 0 Å². The molecule has 2 aromatic carbocycles. The van der Waals surface area contributed by atoms with Crippen molar-refractivity contribution in [3.63, 3.8) is 0 Å². The summed E-state index contributed by atoms with van der Waals surface area (Å²) in [6, 6.07) is 13.9. The van der Waals surface area contributed by atoms with E-state index in [9.17, 15) is 4.79 Å². The molecule has 3 heteroatoms. The zero-order valence-corrected chi connectivity index (χ0v) is 12.8. The van der Waals surface area contributed by atoms with Crippen LogP contribution in [-0.4, -0.2) is 12.9 Å². The number of carbonyl (C=O) groups excluding carboxylic acids is 1. The third-order valence-corrected chi connectivity index (χ3v) is 4.63. The Hall–Kier alpha value is -1.61. The number of hydrogen-bond acceptors (Lipinski definition) is 2. The molecule has 3 rings (SSSR count). The van der Waals surface area contributed by atoms with Gasteiger partial charge in [0, 0.05) is 16.8 Å². The van der Waals surface area contributed by atoms with Crippen LogP contribution in [0.1, 0.15) is 22.6 Å². The largest absolute Gasteiger partial charge is 0.497 e. The van der Waals surface area contributed by atoms with Crippen molar-refractivity contribution >= 4 is 21.7 Å². The Morgan fingerprint density at radius 2 is 2.10 bits per heavy atom. The first-order valence-electron chi connectivity index (χ1n) is 6.62. The highest BCUT2D eigenvalue weighted by Gasteiger charge is 2.31. The number of methoxy groups -OCH3 is 1. The molecule has 0 spiro atoms. The second kappa shape index (κ2) is 5.41. The van der Waals surface area contributed by atoms with Crippen molar-refractivity contribution in [2.24, 2.45) is 0 Å². The second-order valence-electron chi connectivity index (χ2n) is 5.06. The lowest BCUT2D eigenvalue weighted by atomic mass is 9.74. The van der Waals surface area contributed by atoms with Gasteiger partial charge in [-0.25, -0.2) is 0 Å². The van der Waals surface area contributed by atoms with E-state index in [1.807, 2.05) is 30.3 Å². The number of benzene rings is 2. The maximum Gasteiger partial charge on any atom is 0.145 e.